The van der Waals surface area contributed by atoms with Crippen molar-refractivity contribution in [3.8, 4) is 0 Å². The molecule has 0 saturated heterocycles. The van der Waals surface area contributed by atoms with Crippen LogP contribution in [0.3, 0.4) is 0 Å². The van der Waals surface area contributed by atoms with Crippen LogP contribution < -0.4 is 0 Å². The van der Waals surface area contributed by atoms with E-state index < -0.39 is 0 Å². The van der Waals surface area contributed by atoms with Crippen LogP contribution in [0.25, 0.3) is 0 Å². The van der Waals surface area contributed by atoms with Crippen molar-refractivity contribution in [3.63, 3.8) is 0 Å². The Morgan fingerprint density at radius 2 is 1.93 bits per heavy atom. The lowest BCUT2D eigenvalue weighted by atomic mass is 10.1. The number of alkyl halides is 1. The average molecular weight is 279 g/mol. The number of hydrogen-bond donors (Lipinski definition) is 0. The highest BCUT2D eigenvalue weighted by molar-refractivity contribution is 9.09. The van der Waals surface area contributed by atoms with Gasteiger partial charge in [-0.2, -0.15) is 0 Å². The first-order valence-corrected chi connectivity index (χ1v) is 7.00. The van der Waals surface area contributed by atoms with Crippen LogP contribution in [0.5, 0.6) is 0 Å². The number of ether oxygens (including phenoxy) is 1. The third kappa shape index (κ3) is 11.9. The second kappa shape index (κ2) is 10.5. The Morgan fingerprint density at radius 3 is 2.53 bits per heavy atom. The summed E-state index contributed by atoms with van der Waals surface area (Å²) < 4.78 is 5.12. The monoisotopic (exact) mass is 278 g/mol. The fraction of sp³-hybridized carbons (Fsp3) is 0.917. The van der Waals surface area contributed by atoms with E-state index in [4.69, 9.17) is 4.74 Å². The summed E-state index contributed by atoms with van der Waals surface area (Å²) in [4.78, 5) is 11.2. The predicted octanol–water partition coefficient (Wildman–Crippen LogP) is 3.92. The molecule has 0 unspecified atom stereocenters. The van der Waals surface area contributed by atoms with Gasteiger partial charge in [-0.25, -0.2) is 0 Å². The summed E-state index contributed by atoms with van der Waals surface area (Å²) in [5.41, 5.74) is 0. The van der Waals surface area contributed by atoms with E-state index in [9.17, 15) is 4.79 Å². The van der Waals surface area contributed by atoms with E-state index in [1.165, 1.54) is 0 Å². The van der Waals surface area contributed by atoms with E-state index in [2.05, 4.69) is 29.8 Å². The molecule has 0 amide bonds. The van der Waals surface area contributed by atoms with E-state index in [-0.39, 0.29) is 5.97 Å². The Labute approximate surface area is 102 Å². The topological polar surface area (TPSA) is 26.3 Å². The van der Waals surface area contributed by atoms with E-state index in [1.807, 2.05) is 0 Å². The molecule has 0 rings (SSSR count). The zero-order chi connectivity index (χ0) is 11.5. The summed E-state index contributed by atoms with van der Waals surface area (Å²) in [6.45, 7) is 4.96. The lowest BCUT2D eigenvalue weighted by Gasteiger charge is -2.06. The Bertz CT molecular complexity index is 158. The van der Waals surface area contributed by atoms with Gasteiger partial charge in [0.1, 0.15) is 0 Å². The molecule has 0 aliphatic heterocycles. The highest BCUT2D eigenvalue weighted by atomic mass is 79.9. The molecule has 0 heterocycles. The molecule has 90 valence electrons. The fourth-order valence-electron chi connectivity index (χ4n) is 1.29. The Kier molecular flexibility index (Phi) is 10.4. The van der Waals surface area contributed by atoms with Gasteiger partial charge in [0, 0.05) is 11.8 Å². The standard InChI is InChI=1S/C12H23BrO2/c1-11(2)7-6-10-15-12(14)8-4-3-5-9-13/h11H,3-10H2,1-2H3. The summed E-state index contributed by atoms with van der Waals surface area (Å²) in [7, 11) is 0. The van der Waals surface area contributed by atoms with Crippen LogP contribution in [0.2, 0.25) is 0 Å². The number of unbranched alkanes of at least 4 members (excludes halogenated alkanes) is 2. The lowest BCUT2D eigenvalue weighted by Crippen LogP contribution is -2.06. The van der Waals surface area contributed by atoms with E-state index in [0.717, 1.165) is 37.4 Å². The summed E-state index contributed by atoms with van der Waals surface area (Å²) >= 11 is 3.37. The Hall–Kier alpha value is -0.0500. The zero-order valence-corrected chi connectivity index (χ0v) is 11.5. The minimum absolute atomic E-state index is 0.0340. The van der Waals surface area contributed by atoms with Crippen LogP contribution >= 0.6 is 15.9 Å². The second-order valence-corrected chi connectivity index (χ2v) is 5.05. The molecule has 0 fully saturated rings. The first kappa shape index (κ1) is 14.9. The molecule has 3 heteroatoms. The Balaban J connectivity index is 3.19. The normalized spacial score (nSPS) is 10.7. The molecule has 2 nitrogen and oxygen atoms in total. The second-order valence-electron chi connectivity index (χ2n) is 4.26. The molecule has 0 radical (unpaired) electrons. The van der Waals surface area contributed by atoms with E-state index >= 15 is 0 Å². The van der Waals surface area contributed by atoms with Gasteiger partial charge in [-0.05, 0) is 31.6 Å². The molecule has 0 aliphatic carbocycles. The van der Waals surface area contributed by atoms with Gasteiger partial charge in [0.05, 0.1) is 6.61 Å². The molecule has 0 saturated carbocycles. The summed E-state index contributed by atoms with van der Waals surface area (Å²) in [6, 6.07) is 0. The highest BCUT2D eigenvalue weighted by Gasteiger charge is 2.02. The maximum Gasteiger partial charge on any atom is 0.305 e. The molecule has 0 bridgehead atoms. The smallest absolute Gasteiger partial charge is 0.305 e. The van der Waals surface area contributed by atoms with Crippen LogP contribution in [0.4, 0.5) is 0 Å². The van der Waals surface area contributed by atoms with E-state index in [0.29, 0.717) is 18.9 Å². The summed E-state index contributed by atoms with van der Waals surface area (Å²) in [6.07, 6.45) is 5.90. The van der Waals surface area contributed by atoms with Crippen molar-refractivity contribution in [1.82, 2.24) is 0 Å². The van der Waals surface area contributed by atoms with Crippen molar-refractivity contribution in [2.75, 3.05) is 11.9 Å². The molecule has 0 aromatic carbocycles. The van der Waals surface area contributed by atoms with Crippen LogP contribution in [0.15, 0.2) is 0 Å². The molecule has 15 heavy (non-hydrogen) atoms. The number of carbonyl (C=O) groups excluding carboxylic acids is 1. The van der Waals surface area contributed by atoms with Crippen LogP contribution in [-0.2, 0) is 9.53 Å². The van der Waals surface area contributed by atoms with Gasteiger partial charge < -0.3 is 4.74 Å². The number of carbonyl (C=O) groups is 1. The van der Waals surface area contributed by atoms with Crippen molar-refractivity contribution in [2.45, 2.75) is 52.4 Å². The highest BCUT2D eigenvalue weighted by Crippen LogP contribution is 2.06. The van der Waals surface area contributed by atoms with Gasteiger partial charge in [0.25, 0.3) is 0 Å². The molecule has 0 spiro atoms. The predicted molar refractivity (Wildman–Crippen MR) is 67.3 cm³/mol. The first-order valence-electron chi connectivity index (χ1n) is 5.88. The molecular weight excluding hydrogens is 256 g/mol. The third-order valence-electron chi connectivity index (χ3n) is 2.20. The molecule has 0 aromatic rings. The van der Waals surface area contributed by atoms with Gasteiger partial charge in [-0.1, -0.05) is 36.2 Å². The lowest BCUT2D eigenvalue weighted by molar-refractivity contribution is -0.143. The zero-order valence-electron chi connectivity index (χ0n) is 9.93. The van der Waals surface area contributed by atoms with Crippen molar-refractivity contribution >= 4 is 21.9 Å². The molecule has 0 aromatic heterocycles. The number of rotatable bonds is 9. The number of esters is 1. The first-order chi connectivity index (χ1) is 7.16. The van der Waals surface area contributed by atoms with Gasteiger partial charge >= 0.3 is 5.97 Å². The minimum atomic E-state index is -0.0340. The van der Waals surface area contributed by atoms with Crippen molar-refractivity contribution in [3.05, 3.63) is 0 Å². The van der Waals surface area contributed by atoms with Crippen LogP contribution in [-0.4, -0.2) is 17.9 Å². The van der Waals surface area contributed by atoms with E-state index in [1.54, 1.807) is 0 Å². The van der Waals surface area contributed by atoms with Gasteiger partial charge in [-0.15, -0.1) is 0 Å². The van der Waals surface area contributed by atoms with Gasteiger partial charge in [0.15, 0.2) is 0 Å². The fourth-order valence-corrected chi connectivity index (χ4v) is 1.69. The average Bonchev–Trinajstić information content (AvgIpc) is 2.19. The number of hydrogen-bond acceptors (Lipinski definition) is 2. The maximum atomic E-state index is 11.2. The molecule has 0 aliphatic rings. The van der Waals surface area contributed by atoms with Crippen LogP contribution in [0.1, 0.15) is 52.4 Å². The largest absolute Gasteiger partial charge is 0.466 e. The van der Waals surface area contributed by atoms with Crippen molar-refractivity contribution < 1.29 is 9.53 Å². The third-order valence-corrected chi connectivity index (χ3v) is 2.76. The summed E-state index contributed by atoms with van der Waals surface area (Å²) in [5, 5.41) is 1.02. The maximum absolute atomic E-state index is 11.2. The van der Waals surface area contributed by atoms with Crippen LogP contribution in [0, 0.1) is 5.92 Å². The molecule has 0 N–H and O–H groups in total. The number of halogens is 1. The van der Waals surface area contributed by atoms with Crippen molar-refractivity contribution in [1.29, 1.82) is 0 Å². The van der Waals surface area contributed by atoms with Gasteiger partial charge in [-0.3, -0.25) is 4.79 Å². The summed E-state index contributed by atoms with van der Waals surface area (Å²) in [5.74, 6) is 0.663. The van der Waals surface area contributed by atoms with Gasteiger partial charge in [0.2, 0.25) is 0 Å². The SMILES string of the molecule is CC(C)CCCOC(=O)CCCCCBr. The minimum Gasteiger partial charge on any atom is -0.466 e. The Morgan fingerprint density at radius 1 is 1.20 bits per heavy atom. The van der Waals surface area contributed by atoms with Crippen molar-refractivity contribution in [2.24, 2.45) is 5.92 Å². The quantitative estimate of drug-likeness (QED) is 0.363. The molecular formula is C12H23BrO2. The molecule has 0 atom stereocenters.